The third-order valence-corrected chi connectivity index (χ3v) is 10.9. The number of nitrogens with zero attached hydrogens (tertiary/aromatic N) is 1. The van der Waals surface area contributed by atoms with Gasteiger partial charge in [-0.05, 0) is 47.9 Å². The van der Waals surface area contributed by atoms with Crippen LogP contribution in [0.15, 0.2) is 42.5 Å². The van der Waals surface area contributed by atoms with Gasteiger partial charge in [-0.2, -0.15) is 13.2 Å². The van der Waals surface area contributed by atoms with E-state index in [-0.39, 0.29) is 54.7 Å². The molecule has 294 valence electrons. The number of nitrogens with one attached hydrogen (secondary N) is 5. The van der Waals surface area contributed by atoms with Crippen molar-refractivity contribution < 1.29 is 41.5 Å². The number of hydrogen-bond donors (Lipinski definition) is 5. The van der Waals surface area contributed by atoms with Crippen LogP contribution in [0.25, 0.3) is 10.9 Å². The number of ether oxygens (including phenoxy) is 1. The standard InChI is InChI=1S/C39H50F4N6O5/c1-5-23(3)32(35(51)44-22-49-16-18-54-19-17-49)47-37(53)38(15-14-30-27(21-38)26-11-9-12-28(34(26)45-30)39(41,42)43)48-36(52)33(24(4)6-2)46-31(50)20-25-10-7-8-13-29(25)40/h7-13,23-24,32-33,45H,5-6,14-22H2,1-4H3,(H,44,51)(H,46,50)(H,47,53)(H,48,52)/t23?,24?,32-,33-,38+/m0/s1. The summed E-state index contributed by atoms with van der Waals surface area (Å²) in [5.74, 6) is -3.68. The summed E-state index contributed by atoms with van der Waals surface area (Å²) in [6.07, 6.45) is -4.05. The first kappa shape index (κ1) is 40.7. The summed E-state index contributed by atoms with van der Waals surface area (Å²) in [6.45, 7) is 9.88. The fraction of sp³-hybridized carbons (Fsp3) is 0.538. The van der Waals surface area contributed by atoms with Gasteiger partial charge in [-0.15, -0.1) is 0 Å². The highest BCUT2D eigenvalue weighted by Crippen LogP contribution is 2.40. The number of carbonyl (C=O) groups is 4. The van der Waals surface area contributed by atoms with Crippen LogP contribution < -0.4 is 21.3 Å². The molecule has 0 spiro atoms. The third kappa shape index (κ3) is 9.23. The maximum Gasteiger partial charge on any atom is 0.418 e. The van der Waals surface area contributed by atoms with E-state index in [9.17, 15) is 36.7 Å². The Labute approximate surface area is 312 Å². The molecule has 15 heteroatoms. The van der Waals surface area contributed by atoms with Crippen molar-refractivity contribution in [1.82, 2.24) is 31.2 Å². The molecule has 2 aliphatic rings. The number of aromatic amines is 1. The van der Waals surface area contributed by atoms with E-state index < -0.39 is 64.7 Å². The molecule has 54 heavy (non-hydrogen) atoms. The number of amides is 4. The monoisotopic (exact) mass is 758 g/mol. The molecular weight excluding hydrogens is 708 g/mol. The lowest BCUT2D eigenvalue weighted by Crippen LogP contribution is -2.67. The largest absolute Gasteiger partial charge is 0.418 e. The minimum Gasteiger partial charge on any atom is -0.379 e. The molecule has 5 atom stereocenters. The van der Waals surface area contributed by atoms with Gasteiger partial charge in [-0.1, -0.05) is 70.9 Å². The molecule has 2 unspecified atom stereocenters. The number of rotatable bonds is 14. The van der Waals surface area contributed by atoms with E-state index >= 15 is 0 Å². The Balaban J connectivity index is 1.47. The minimum atomic E-state index is -4.64. The quantitative estimate of drug-likeness (QED) is 0.155. The van der Waals surface area contributed by atoms with E-state index in [0.29, 0.717) is 50.4 Å². The predicted octanol–water partition coefficient (Wildman–Crippen LogP) is 4.38. The van der Waals surface area contributed by atoms with E-state index in [1.807, 2.05) is 25.7 Å². The van der Waals surface area contributed by atoms with Gasteiger partial charge in [-0.3, -0.25) is 24.1 Å². The van der Waals surface area contributed by atoms with Crippen molar-refractivity contribution in [3.05, 3.63) is 70.7 Å². The number of fused-ring (bicyclic) bond motifs is 3. The number of aromatic nitrogens is 1. The van der Waals surface area contributed by atoms with Gasteiger partial charge in [0.2, 0.25) is 23.6 Å². The molecule has 0 bridgehead atoms. The lowest BCUT2D eigenvalue weighted by Gasteiger charge is -2.40. The Bertz CT molecular complexity index is 1830. The highest BCUT2D eigenvalue weighted by Gasteiger charge is 2.47. The number of aryl methyl sites for hydroxylation is 1. The fourth-order valence-corrected chi connectivity index (χ4v) is 7.16. The molecule has 11 nitrogen and oxygen atoms in total. The van der Waals surface area contributed by atoms with Gasteiger partial charge >= 0.3 is 6.18 Å². The number of benzene rings is 2. The van der Waals surface area contributed by atoms with E-state index in [1.165, 1.54) is 24.3 Å². The third-order valence-electron chi connectivity index (χ3n) is 10.9. The number of hydrogen-bond acceptors (Lipinski definition) is 6. The second-order valence-electron chi connectivity index (χ2n) is 14.5. The molecule has 0 saturated carbocycles. The molecule has 1 aliphatic heterocycles. The number of halogens is 4. The lowest BCUT2D eigenvalue weighted by atomic mass is 9.78. The van der Waals surface area contributed by atoms with Crippen molar-refractivity contribution in [1.29, 1.82) is 0 Å². The Morgan fingerprint density at radius 3 is 2.24 bits per heavy atom. The highest BCUT2D eigenvalue weighted by molar-refractivity contribution is 5.98. The Kier molecular flexibility index (Phi) is 13.0. The molecule has 4 amide bonds. The first-order valence-corrected chi connectivity index (χ1v) is 18.6. The Hall–Kier alpha value is -4.50. The summed E-state index contributed by atoms with van der Waals surface area (Å²) in [5, 5.41) is 11.8. The van der Waals surface area contributed by atoms with Gasteiger partial charge in [0.1, 0.15) is 23.4 Å². The van der Waals surface area contributed by atoms with Crippen LogP contribution >= 0.6 is 0 Å². The number of carbonyl (C=O) groups excluding carboxylic acids is 4. The van der Waals surface area contributed by atoms with Gasteiger partial charge in [0.15, 0.2) is 0 Å². The number of morpholine rings is 1. The normalized spacial score (nSPS) is 19.9. The average molecular weight is 759 g/mol. The van der Waals surface area contributed by atoms with Gasteiger partial charge in [0.25, 0.3) is 0 Å². The molecule has 1 saturated heterocycles. The molecule has 3 aromatic rings. The number of alkyl halides is 3. The van der Waals surface area contributed by atoms with Crippen LogP contribution in [0.1, 0.15) is 69.3 Å². The minimum absolute atomic E-state index is 0.00916. The summed E-state index contributed by atoms with van der Waals surface area (Å²) in [6, 6.07) is 7.51. The SMILES string of the molecule is CCC(C)[C@H](NC(=O)Cc1ccccc1F)C(=O)N[C@]1(C(=O)N[C@H](C(=O)NCN2CCOCC2)C(C)CC)CCc2[nH]c3c(C(F)(F)F)cccc3c2C1. The van der Waals surface area contributed by atoms with E-state index in [4.69, 9.17) is 4.74 Å². The van der Waals surface area contributed by atoms with Crippen molar-refractivity contribution in [3.8, 4) is 0 Å². The molecule has 2 heterocycles. The van der Waals surface area contributed by atoms with Crippen LogP contribution in [0.2, 0.25) is 0 Å². The van der Waals surface area contributed by atoms with Gasteiger partial charge in [-0.25, -0.2) is 4.39 Å². The van der Waals surface area contributed by atoms with Crippen molar-refractivity contribution in [2.75, 3.05) is 33.0 Å². The maximum absolute atomic E-state index is 14.7. The van der Waals surface area contributed by atoms with Crippen LogP contribution in [-0.4, -0.2) is 84.1 Å². The lowest BCUT2D eigenvalue weighted by molar-refractivity contribution is -0.139. The van der Waals surface area contributed by atoms with Crippen LogP contribution in [0.4, 0.5) is 17.6 Å². The summed E-state index contributed by atoms with van der Waals surface area (Å²) < 4.78 is 62.0. The van der Waals surface area contributed by atoms with Crippen LogP contribution in [-0.2, 0) is 49.4 Å². The van der Waals surface area contributed by atoms with Crippen molar-refractivity contribution in [3.63, 3.8) is 0 Å². The van der Waals surface area contributed by atoms with Gasteiger partial charge in [0, 0.05) is 30.6 Å². The summed E-state index contributed by atoms with van der Waals surface area (Å²) >= 11 is 0. The summed E-state index contributed by atoms with van der Waals surface area (Å²) in [7, 11) is 0. The van der Waals surface area contributed by atoms with Crippen LogP contribution in [0.5, 0.6) is 0 Å². The average Bonchev–Trinajstić information content (AvgIpc) is 3.52. The highest BCUT2D eigenvalue weighted by atomic mass is 19.4. The van der Waals surface area contributed by atoms with Crippen LogP contribution in [0.3, 0.4) is 0 Å². The maximum atomic E-state index is 14.7. The van der Waals surface area contributed by atoms with Gasteiger partial charge < -0.3 is 31.0 Å². The van der Waals surface area contributed by atoms with Crippen molar-refractivity contribution in [2.24, 2.45) is 11.8 Å². The van der Waals surface area contributed by atoms with Crippen LogP contribution in [0, 0.1) is 17.7 Å². The smallest absolute Gasteiger partial charge is 0.379 e. The Morgan fingerprint density at radius 1 is 0.926 bits per heavy atom. The molecule has 5 rings (SSSR count). The first-order chi connectivity index (χ1) is 25.7. The van der Waals surface area contributed by atoms with Crippen molar-refractivity contribution in [2.45, 2.75) is 90.0 Å². The molecule has 0 radical (unpaired) electrons. The van der Waals surface area contributed by atoms with Gasteiger partial charge in [0.05, 0.1) is 37.4 Å². The zero-order valence-corrected chi connectivity index (χ0v) is 31.1. The Morgan fingerprint density at radius 2 is 1.59 bits per heavy atom. The predicted molar refractivity (Wildman–Crippen MR) is 194 cm³/mol. The van der Waals surface area contributed by atoms with E-state index in [0.717, 1.165) is 6.07 Å². The molecule has 1 aliphatic carbocycles. The summed E-state index contributed by atoms with van der Waals surface area (Å²) in [5.41, 5.74) is -1.58. The molecule has 5 N–H and O–H groups in total. The number of H-pyrrole nitrogens is 1. The molecule has 1 fully saturated rings. The fourth-order valence-electron chi connectivity index (χ4n) is 7.16. The first-order valence-electron chi connectivity index (χ1n) is 18.6. The zero-order valence-electron chi connectivity index (χ0n) is 31.1. The molecular formula is C39H50F4N6O5. The zero-order chi connectivity index (χ0) is 39.2. The molecule has 1 aromatic heterocycles. The van der Waals surface area contributed by atoms with Crippen molar-refractivity contribution >= 4 is 34.5 Å². The summed E-state index contributed by atoms with van der Waals surface area (Å²) in [4.78, 5) is 60.9. The van der Waals surface area contributed by atoms with E-state index in [2.05, 4.69) is 26.3 Å². The topological polar surface area (TPSA) is 145 Å². The second kappa shape index (κ2) is 17.3. The molecule has 2 aromatic carbocycles. The van der Waals surface area contributed by atoms with E-state index in [1.54, 1.807) is 19.1 Å². The second-order valence-corrected chi connectivity index (χ2v) is 14.5. The number of para-hydroxylation sites is 1.